The summed E-state index contributed by atoms with van der Waals surface area (Å²) in [4.78, 5) is 24.1. The second-order valence-corrected chi connectivity index (χ2v) is 8.26. The number of rotatable bonds is 5. The Morgan fingerprint density at radius 1 is 1.26 bits per heavy atom. The van der Waals surface area contributed by atoms with E-state index in [2.05, 4.69) is 10.6 Å². The zero-order valence-electron chi connectivity index (χ0n) is 15.0. The van der Waals surface area contributed by atoms with Crippen LogP contribution in [0.3, 0.4) is 0 Å². The molecule has 27 heavy (non-hydrogen) atoms. The van der Waals surface area contributed by atoms with E-state index in [1.807, 2.05) is 0 Å². The van der Waals surface area contributed by atoms with E-state index in [0.717, 1.165) is 19.3 Å². The molecule has 0 spiro atoms. The number of aliphatic hydroxyl groups is 1. The maximum absolute atomic E-state index is 14.5. The quantitative estimate of drug-likeness (QED) is 0.643. The first-order chi connectivity index (χ1) is 12.8. The van der Waals surface area contributed by atoms with E-state index in [0.29, 0.717) is 6.42 Å². The van der Waals surface area contributed by atoms with E-state index in [-0.39, 0.29) is 39.8 Å². The lowest BCUT2D eigenvalue weighted by molar-refractivity contribution is -0.126. The minimum Gasteiger partial charge on any atom is -0.391 e. The number of hydrogen-bond acceptors (Lipinski definition) is 3. The zero-order valence-corrected chi connectivity index (χ0v) is 16.5. The molecule has 0 radical (unpaired) electrons. The first-order valence-electron chi connectivity index (χ1n) is 9.16. The lowest BCUT2D eigenvalue weighted by Gasteiger charge is -2.36. The van der Waals surface area contributed by atoms with Gasteiger partial charge in [-0.05, 0) is 43.7 Å². The van der Waals surface area contributed by atoms with E-state index in [1.165, 1.54) is 19.1 Å². The summed E-state index contributed by atoms with van der Waals surface area (Å²) in [6.07, 6.45) is 2.57. The molecule has 1 aromatic rings. The van der Waals surface area contributed by atoms with Gasteiger partial charge in [0.15, 0.2) is 0 Å². The number of nitrogens with one attached hydrogen (secondary N) is 2. The molecule has 2 aliphatic carbocycles. The number of carbonyl (C=O) groups is 2. The van der Waals surface area contributed by atoms with Crippen LogP contribution in [0.2, 0.25) is 10.0 Å². The van der Waals surface area contributed by atoms with Gasteiger partial charge in [-0.3, -0.25) is 9.59 Å². The maximum Gasteiger partial charge on any atom is 0.223 e. The summed E-state index contributed by atoms with van der Waals surface area (Å²) in [6.45, 7) is 1.37. The minimum absolute atomic E-state index is 0.0943. The van der Waals surface area contributed by atoms with Gasteiger partial charge in [0, 0.05) is 18.4 Å². The minimum atomic E-state index is -0.779. The molecule has 0 heterocycles. The molecule has 4 atom stereocenters. The highest BCUT2D eigenvalue weighted by Gasteiger charge is 2.40. The number of hydrogen-bond donors (Lipinski definition) is 3. The van der Waals surface area contributed by atoms with E-state index < -0.39 is 29.9 Å². The molecule has 0 bridgehead atoms. The molecule has 0 aliphatic heterocycles. The lowest BCUT2D eigenvalue weighted by Crippen LogP contribution is -2.40. The molecule has 2 amide bonds. The molecule has 3 N–H and O–H groups in total. The van der Waals surface area contributed by atoms with Crippen molar-refractivity contribution in [2.75, 3.05) is 0 Å². The molecule has 3 unspecified atom stereocenters. The fourth-order valence-electron chi connectivity index (χ4n) is 3.94. The van der Waals surface area contributed by atoms with Gasteiger partial charge in [0.05, 0.1) is 28.2 Å². The van der Waals surface area contributed by atoms with Crippen LogP contribution in [-0.2, 0) is 9.59 Å². The Labute approximate surface area is 167 Å². The van der Waals surface area contributed by atoms with E-state index in [9.17, 15) is 19.1 Å². The van der Waals surface area contributed by atoms with Crippen molar-refractivity contribution in [3.05, 3.63) is 33.6 Å². The highest BCUT2D eigenvalue weighted by Crippen LogP contribution is 2.43. The van der Waals surface area contributed by atoms with Crippen LogP contribution >= 0.6 is 23.2 Å². The topological polar surface area (TPSA) is 78.4 Å². The van der Waals surface area contributed by atoms with Crippen LogP contribution in [0, 0.1) is 17.7 Å². The SMILES string of the molecule is CC(=O)NC1C[C@@H](C(=O)NC(c2c(F)ccc(Cl)c2Cl)C2CCC2)CC1O. The molecule has 1 aromatic carbocycles. The second kappa shape index (κ2) is 8.33. The number of benzene rings is 1. The highest BCUT2D eigenvalue weighted by atomic mass is 35.5. The number of aliphatic hydroxyl groups excluding tert-OH is 1. The van der Waals surface area contributed by atoms with Gasteiger partial charge < -0.3 is 15.7 Å². The predicted octanol–water partition coefficient (Wildman–Crippen LogP) is 3.37. The Kier molecular flexibility index (Phi) is 6.28. The standard InChI is InChI=1S/C19H23Cl2FN2O3/c1-9(25)23-14-7-11(8-15(14)26)19(27)24-18(10-3-2-4-10)16-13(22)6-5-12(20)17(16)21/h5-6,10-11,14-15,18,26H,2-4,7-8H2,1H3,(H,23,25)(H,24,27)/t11-,14?,15?,18?/m1/s1. The molecule has 2 aliphatic rings. The molecule has 0 saturated heterocycles. The first-order valence-corrected chi connectivity index (χ1v) is 9.92. The highest BCUT2D eigenvalue weighted by molar-refractivity contribution is 6.42. The van der Waals surface area contributed by atoms with Crippen LogP contribution in [-0.4, -0.2) is 29.1 Å². The third kappa shape index (κ3) is 4.39. The Bertz CT molecular complexity index is 742. The van der Waals surface area contributed by atoms with E-state index in [1.54, 1.807) is 0 Å². The Balaban J connectivity index is 1.77. The summed E-state index contributed by atoms with van der Waals surface area (Å²) < 4.78 is 14.5. The summed E-state index contributed by atoms with van der Waals surface area (Å²) in [5, 5.41) is 16.1. The van der Waals surface area contributed by atoms with Gasteiger partial charge in [-0.25, -0.2) is 4.39 Å². The van der Waals surface area contributed by atoms with Crippen molar-refractivity contribution in [2.45, 2.75) is 57.2 Å². The molecule has 8 heteroatoms. The molecular weight excluding hydrogens is 394 g/mol. The van der Waals surface area contributed by atoms with E-state index in [4.69, 9.17) is 23.2 Å². The fraction of sp³-hybridized carbons (Fsp3) is 0.579. The summed E-state index contributed by atoms with van der Waals surface area (Å²) >= 11 is 12.3. The van der Waals surface area contributed by atoms with Crippen molar-refractivity contribution in [2.24, 2.45) is 11.8 Å². The van der Waals surface area contributed by atoms with Crippen molar-refractivity contribution in [1.82, 2.24) is 10.6 Å². The van der Waals surface area contributed by atoms with Crippen molar-refractivity contribution >= 4 is 35.0 Å². The maximum atomic E-state index is 14.5. The van der Waals surface area contributed by atoms with Gasteiger partial charge in [0.2, 0.25) is 11.8 Å². The van der Waals surface area contributed by atoms with Crippen molar-refractivity contribution < 1.29 is 19.1 Å². The average molecular weight is 417 g/mol. The third-order valence-corrected chi connectivity index (χ3v) is 6.42. The molecule has 2 saturated carbocycles. The third-order valence-electron chi connectivity index (χ3n) is 5.60. The summed E-state index contributed by atoms with van der Waals surface area (Å²) in [7, 11) is 0. The predicted molar refractivity (Wildman–Crippen MR) is 101 cm³/mol. The van der Waals surface area contributed by atoms with Crippen LogP contribution in [0.4, 0.5) is 4.39 Å². The van der Waals surface area contributed by atoms with E-state index >= 15 is 0 Å². The fourth-order valence-corrected chi connectivity index (χ4v) is 4.38. The summed E-state index contributed by atoms with van der Waals surface area (Å²) in [5.41, 5.74) is 0.221. The van der Waals surface area contributed by atoms with Crippen molar-refractivity contribution in [3.8, 4) is 0 Å². The van der Waals surface area contributed by atoms with Crippen LogP contribution in [0.25, 0.3) is 0 Å². The largest absolute Gasteiger partial charge is 0.391 e. The van der Waals surface area contributed by atoms with Crippen LogP contribution in [0.15, 0.2) is 12.1 Å². The lowest BCUT2D eigenvalue weighted by atomic mass is 9.76. The van der Waals surface area contributed by atoms with Gasteiger partial charge in [0.1, 0.15) is 5.82 Å². The monoisotopic (exact) mass is 416 g/mol. The zero-order chi connectivity index (χ0) is 19.7. The van der Waals surface area contributed by atoms with Crippen LogP contribution in [0.5, 0.6) is 0 Å². The number of amides is 2. The molecule has 0 aromatic heterocycles. The van der Waals surface area contributed by atoms with Gasteiger partial charge >= 0.3 is 0 Å². The Morgan fingerprint density at radius 2 is 1.96 bits per heavy atom. The smallest absolute Gasteiger partial charge is 0.223 e. The number of halogens is 3. The molecule has 2 fully saturated rings. The molecular formula is C19H23Cl2FN2O3. The molecule has 3 rings (SSSR count). The van der Waals surface area contributed by atoms with Gasteiger partial charge in [0.25, 0.3) is 0 Å². The van der Waals surface area contributed by atoms with Crippen LogP contribution < -0.4 is 10.6 Å². The van der Waals surface area contributed by atoms with Gasteiger partial charge in [-0.1, -0.05) is 29.6 Å². The van der Waals surface area contributed by atoms with Crippen molar-refractivity contribution in [3.63, 3.8) is 0 Å². The van der Waals surface area contributed by atoms with Crippen LogP contribution in [0.1, 0.15) is 50.6 Å². The van der Waals surface area contributed by atoms with Gasteiger partial charge in [-0.2, -0.15) is 0 Å². The molecule has 148 valence electrons. The average Bonchev–Trinajstić information content (AvgIpc) is 2.90. The second-order valence-electron chi connectivity index (χ2n) is 7.48. The Hall–Kier alpha value is -1.37. The Morgan fingerprint density at radius 3 is 2.56 bits per heavy atom. The normalized spacial score (nSPS) is 26.3. The number of carbonyl (C=O) groups excluding carboxylic acids is 2. The summed E-state index contributed by atoms with van der Waals surface area (Å²) in [5.74, 6) is -1.38. The molecule has 5 nitrogen and oxygen atoms in total. The summed E-state index contributed by atoms with van der Waals surface area (Å²) in [6, 6.07) is 1.64. The van der Waals surface area contributed by atoms with Crippen molar-refractivity contribution in [1.29, 1.82) is 0 Å². The first kappa shape index (κ1) is 20.4. The van der Waals surface area contributed by atoms with Gasteiger partial charge in [-0.15, -0.1) is 0 Å².